The van der Waals surface area contributed by atoms with E-state index in [0.29, 0.717) is 10.9 Å². The minimum absolute atomic E-state index is 0.439. The summed E-state index contributed by atoms with van der Waals surface area (Å²) < 4.78 is 9.11. The molecule has 1 rings (SSSR count). The van der Waals surface area contributed by atoms with Gasteiger partial charge in [0.25, 0.3) is 0 Å². The van der Waals surface area contributed by atoms with Crippen molar-refractivity contribution in [3.63, 3.8) is 0 Å². The molecule has 1 aromatic rings. The zero-order valence-corrected chi connectivity index (χ0v) is 8.48. The maximum Gasteiger partial charge on any atom is 0.477 e. The third kappa shape index (κ3) is 3.67. The zero-order valence-electron chi connectivity index (χ0n) is 8.48. The maximum atomic E-state index is 9.34. The highest BCUT2D eigenvalue weighted by atomic mass is 16.5. The Morgan fingerprint density at radius 1 is 0.812 bits per heavy atom. The van der Waals surface area contributed by atoms with Gasteiger partial charge in [0, 0.05) is 0 Å². The first-order valence-electron chi connectivity index (χ1n) is 4.60. The van der Waals surface area contributed by atoms with Gasteiger partial charge < -0.3 is 29.2 Å². The Morgan fingerprint density at radius 3 is 1.38 bits per heavy atom. The van der Waals surface area contributed by atoms with Gasteiger partial charge in [-0.2, -0.15) is 0 Å². The predicted octanol–water partition coefficient (Wildman–Crippen LogP) is -4.39. The van der Waals surface area contributed by atoms with Gasteiger partial charge in [-0.15, -0.1) is 0 Å². The molecule has 10 heteroatoms. The Morgan fingerprint density at radius 2 is 1.12 bits per heavy atom. The topological polar surface area (TPSA) is 99.4 Å². The second-order valence-electron chi connectivity index (χ2n) is 2.96. The van der Waals surface area contributed by atoms with E-state index in [-0.39, 0.29) is 0 Å². The Bertz CT molecular complexity index is 277. The van der Waals surface area contributed by atoms with E-state index in [9.17, 15) is 10.0 Å². The SMILES string of the molecule is OBOB(O)c1ccc(B(O)OBO)cc1. The largest absolute Gasteiger partial charge is 0.477 e. The van der Waals surface area contributed by atoms with Gasteiger partial charge in [0.05, 0.1) is 0 Å². The second kappa shape index (κ2) is 6.74. The number of hydrogen-bond donors (Lipinski definition) is 4. The summed E-state index contributed by atoms with van der Waals surface area (Å²) in [6.07, 6.45) is 0. The van der Waals surface area contributed by atoms with E-state index in [1.54, 1.807) is 0 Å². The van der Waals surface area contributed by atoms with Crippen LogP contribution in [0.15, 0.2) is 24.3 Å². The molecule has 0 radical (unpaired) electrons. The quantitative estimate of drug-likeness (QED) is 0.362. The monoisotopic (exact) mass is 222 g/mol. The molecule has 4 N–H and O–H groups in total. The van der Waals surface area contributed by atoms with Crippen molar-refractivity contribution in [1.82, 2.24) is 0 Å². The van der Waals surface area contributed by atoms with Crippen molar-refractivity contribution in [2.24, 2.45) is 0 Å². The van der Waals surface area contributed by atoms with Crippen LogP contribution in [0.1, 0.15) is 0 Å². The highest BCUT2D eigenvalue weighted by Crippen LogP contribution is 1.88. The molecule has 16 heavy (non-hydrogen) atoms. The maximum absolute atomic E-state index is 9.34. The summed E-state index contributed by atoms with van der Waals surface area (Å²) >= 11 is 0. The van der Waals surface area contributed by atoms with Gasteiger partial charge in [-0.05, 0) is 10.9 Å². The smallest absolute Gasteiger partial charge is 0.450 e. The third-order valence-electron chi connectivity index (χ3n) is 1.97. The summed E-state index contributed by atoms with van der Waals surface area (Å²) in [6, 6.07) is 6.05. The van der Waals surface area contributed by atoms with Crippen molar-refractivity contribution >= 4 is 40.5 Å². The van der Waals surface area contributed by atoms with Crippen LogP contribution < -0.4 is 10.9 Å². The minimum Gasteiger partial charge on any atom is -0.450 e. The van der Waals surface area contributed by atoms with Crippen LogP contribution in [0.25, 0.3) is 0 Å². The van der Waals surface area contributed by atoms with Gasteiger partial charge in [-0.1, -0.05) is 24.3 Å². The Labute approximate surface area is 94.7 Å². The Balaban J connectivity index is 2.67. The zero-order chi connectivity index (χ0) is 12.0. The van der Waals surface area contributed by atoms with Crippen molar-refractivity contribution < 1.29 is 29.2 Å². The lowest BCUT2D eigenvalue weighted by Crippen LogP contribution is -2.39. The van der Waals surface area contributed by atoms with Crippen LogP contribution in [0.4, 0.5) is 0 Å². The van der Waals surface area contributed by atoms with Gasteiger partial charge in [0.15, 0.2) is 0 Å². The van der Waals surface area contributed by atoms with Gasteiger partial charge in [-0.25, -0.2) is 0 Å². The van der Waals surface area contributed by atoms with E-state index in [1.165, 1.54) is 24.3 Å². The molecule has 0 aliphatic carbocycles. The van der Waals surface area contributed by atoms with Crippen LogP contribution >= 0.6 is 0 Å². The molecule has 0 aliphatic rings. The van der Waals surface area contributed by atoms with E-state index >= 15 is 0 Å². The first-order chi connectivity index (χ1) is 7.69. The lowest BCUT2D eigenvalue weighted by molar-refractivity contribution is 0.391. The van der Waals surface area contributed by atoms with Gasteiger partial charge >= 0.3 is 29.6 Å². The molecule has 0 saturated heterocycles. The second-order valence-corrected chi connectivity index (χ2v) is 2.96. The van der Waals surface area contributed by atoms with Gasteiger partial charge in [-0.3, -0.25) is 0 Å². The highest BCUT2D eigenvalue weighted by molar-refractivity contribution is 6.65. The Kier molecular flexibility index (Phi) is 5.61. The van der Waals surface area contributed by atoms with E-state index in [2.05, 4.69) is 9.14 Å². The fourth-order valence-electron chi connectivity index (χ4n) is 1.16. The van der Waals surface area contributed by atoms with Crippen molar-refractivity contribution in [3.05, 3.63) is 24.3 Å². The van der Waals surface area contributed by atoms with Crippen molar-refractivity contribution in [3.8, 4) is 0 Å². The van der Waals surface area contributed by atoms with Crippen LogP contribution in [0.2, 0.25) is 0 Å². The van der Waals surface area contributed by atoms with E-state index < -0.39 is 29.6 Å². The summed E-state index contributed by atoms with van der Waals surface area (Å²) in [5.74, 6) is 0. The average molecular weight is 221 g/mol. The molecule has 1 aromatic carbocycles. The van der Waals surface area contributed by atoms with Crippen molar-refractivity contribution in [1.29, 1.82) is 0 Å². The molecular weight excluding hydrogens is 211 g/mol. The highest BCUT2D eigenvalue weighted by Gasteiger charge is 2.19. The molecule has 0 fully saturated rings. The number of benzene rings is 1. The lowest BCUT2D eigenvalue weighted by atomic mass is 9.73. The molecule has 0 unspecified atom stereocenters. The summed E-state index contributed by atoms with van der Waals surface area (Å²) in [6.45, 7) is 0. The number of rotatable bonds is 6. The average Bonchev–Trinajstić information content (AvgIpc) is 2.30. The summed E-state index contributed by atoms with van der Waals surface area (Å²) in [5, 5.41) is 35.6. The van der Waals surface area contributed by atoms with Crippen LogP contribution in [-0.2, 0) is 9.14 Å². The predicted molar refractivity (Wildman–Crippen MR) is 62.6 cm³/mol. The molecule has 0 bridgehead atoms. The van der Waals surface area contributed by atoms with Gasteiger partial charge in [0.2, 0.25) is 0 Å². The number of hydrogen-bond acceptors (Lipinski definition) is 6. The lowest BCUT2D eigenvalue weighted by Gasteiger charge is -2.08. The normalized spacial score (nSPS) is 9.75. The third-order valence-corrected chi connectivity index (χ3v) is 1.97. The van der Waals surface area contributed by atoms with Crippen LogP contribution in [0, 0.1) is 0 Å². The van der Waals surface area contributed by atoms with Crippen LogP contribution in [0.5, 0.6) is 0 Å². The van der Waals surface area contributed by atoms with E-state index in [4.69, 9.17) is 10.0 Å². The summed E-state index contributed by atoms with van der Waals surface area (Å²) in [5.41, 5.74) is 0.878. The standard InChI is InChI=1S/C6H10B4O6/c11-7-15-9(13)5-1-2-6(4-3-5)10(14)16-8-12/h1-4,7-8,11-14H. The van der Waals surface area contributed by atoms with Crippen LogP contribution in [0.3, 0.4) is 0 Å². The molecule has 0 heterocycles. The molecule has 0 aromatic heterocycles. The molecular formula is C6H10B4O6. The Hall–Kier alpha value is -0.760. The summed E-state index contributed by atoms with van der Waals surface area (Å²) in [4.78, 5) is 0. The molecule has 0 aliphatic heterocycles. The fourth-order valence-corrected chi connectivity index (χ4v) is 1.16. The van der Waals surface area contributed by atoms with Crippen molar-refractivity contribution in [2.75, 3.05) is 0 Å². The first-order valence-corrected chi connectivity index (χ1v) is 4.60. The van der Waals surface area contributed by atoms with Crippen molar-refractivity contribution in [2.45, 2.75) is 0 Å². The first kappa shape index (κ1) is 13.3. The molecule has 0 amide bonds. The molecule has 6 nitrogen and oxygen atoms in total. The van der Waals surface area contributed by atoms with E-state index in [1.807, 2.05) is 0 Å². The molecule has 0 spiro atoms. The van der Waals surface area contributed by atoms with Crippen LogP contribution in [-0.4, -0.2) is 49.7 Å². The molecule has 0 saturated carbocycles. The van der Waals surface area contributed by atoms with Gasteiger partial charge in [0.1, 0.15) is 0 Å². The fraction of sp³-hybridized carbons (Fsp3) is 0. The summed E-state index contributed by atoms with van der Waals surface area (Å²) in [7, 11) is -3.59. The molecule has 82 valence electrons. The molecule has 0 atom stereocenters. The van der Waals surface area contributed by atoms with E-state index in [0.717, 1.165) is 0 Å². The minimum atomic E-state index is -1.21.